The summed E-state index contributed by atoms with van der Waals surface area (Å²) in [5, 5.41) is 11.4. The molecule has 8 heteroatoms. The molecular weight excluding hydrogens is 330 g/mol. The van der Waals surface area contributed by atoms with Crippen LogP contribution in [-0.4, -0.2) is 48.3 Å². The molecule has 3 rings (SSSR count). The Kier molecular flexibility index (Phi) is 4.57. The van der Waals surface area contributed by atoms with Gasteiger partial charge in [-0.05, 0) is 39.0 Å². The number of ether oxygens (including phenoxy) is 3. The van der Waals surface area contributed by atoms with E-state index in [1.165, 1.54) is 0 Å². The number of nitrogens with zero attached hydrogens (tertiary/aromatic N) is 1. The van der Waals surface area contributed by atoms with Gasteiger partial charge in [-0.3, -0.25) is 19.7 Å². The van der Waals surface area contributed by atoms with E-state index in [1.807, 2.05) is 12.2 Å². The molecule has 0 amide bonds. The second-order valence-corrected chi connectivity index (χ2v) is 6.82. The molecule has 0 N–H and O–H groups in total. The Morgan fingerprint density at radius 2 is 1.92 bits per heavy atom. The van der Waals surface area contributed by atoms with Gasteiger partial charge in [0.15, 0.2) is 5.41 Å². The highest BCUT2D eigenvalue weighted by Crippen LogP contribution is 2.60. The summed E-state index contributed by atoms with van der Waals surface area (Å²) < 4.78 is 16.4. The molecule has 0 radical (unpaired) electrons. The number of hydrogen-bond acceptors (Lipinski definition) is 7. The molecule has 1 saturated carbocycles. The first-order valence-corrected chi connectivity index (χ1v) is 8.74. The van der Waals surface area contributed by atoms with Gasteiger partial charge >= 0.3 is 11.9 Å². The van der Waals surface area contributed by atoms with Crippen LogP contribution in [0, 0.1) is 27.4 Å². The highest BCUT2D eigenvalue weighted by molar-refractivity contribution is 6.01. The maximum Gasteiger partial charge on any atom is 0.324 e. The van der Waals surface area contributed by atoms with Gasteiger partial charge in [0, 0.05) is 4.92 Å². The smallest absolute Gasteiger partial charge is 0.324 e. The molecule has 138 valence electrons. The Bertz CT molecular complexity index is 598. The minimum atomic E-state index is -1.71. The number of carbonyl (C=O) groups is 2. The van der Waals surface area contributed by atoms with Gasteiger partial charge in [0.2, 0.25) is 6.54 Å². The first-order valence-electron chi connectivity index (χ1n) is 8.74. The zero-order valence-corrected chi connectivity index (χ0v) is 14.4. The molecule has 2 aliphatic heterocycles. The number of nitro groups is 1. The molecule has 0 unspecified atom stereocenters. The summed E-state index contributed by atoms with van der Waals surface area (Å²) in [7, 11) is 0. The molecule has 0 aromatic rings. The van der Waals surface area contributed by atoms with E-state index in [2.05, 4.69) is 0 Å². The van der Waals surface area contributed by atoms with Crippen LogP contribution in [0.5, 0.6) is 0 Å². The maximum absolute atomic E-state index is 12.9. The Balaban J connectivity index is 2.10. The lowest BCUT2D eigenvalue weighted by Gasteiger charge is -2.48. The van der Waals surface area contributed by atoms with Crippen molar-refractivity contribution < 1.29 is 28.7 Å². The van der Waals surface area contributed by atoms with Crippen LogP contribution in [0.1, 0.15) is 33.1 Å². The fraction of sp³-hybridized carbons (Fsp3) is 0.765. The van der Waals surface area contributed by atoms with Crippen molar-refractivity contribution in [2.75, 3.05) is 19.8 Å². The monoisotopic (exact) mass is 353 g/mol. The summed E-state index contributed by atoms with van der Waals surface area (Å²) in [6.45, 7) is 2.90. The minimum Gasteiger partial charge on any atom is -0.465 e. The molecule has 2 heterocycles. The van der Waals surface area contributed by atoms with Gasteiger partial charge in [-0.1, -0.05) is 12.2 Å². The van der Waals surface area contributed by atoms with E-state index in [0.29, 0.717) is 6.42 Å². The molecular formula is C17H23NO7. The molecule has 2 bridgehead atoms. The van der Waals surface area contributed by atoms with Crippen molar-refractivity contribution in [2.45, 2.75) is 44.8 Å². The van der Waals surface area contributed by atoms with Crippen LogP contribution in [0.15, 0.2) is 12.2 Å². The maximum atomic E-state index is 12.9. The number of hydrogen-bond donors (Lipinski definition) is 0. The summed E-state index contributed by atoms with van der Waals surface area (Å²) in [5.74, 6) is -2.39. The first-order chi connectivity index (χ1) is 11.9. The van der Waals surface area contributed by atoms with Gasteiger partial charge in [0.05, 0.1) is 25.2 Å². The molecule has 8 nitrogen and oxygen atoms in total. The normalized spacial score (nSPS) is 34.4. The Morgan fingerprint density at radius 1 is 1.28 bits per heavy atom. The third-order valence-electron chi connectivity index (χ3n) is 5.72. The van der Waals surface area contributed by atoms with E-state index in [4.69, 9.17) is 14.2 Å². The Labute approximate surface area is 145 Å². The highest BCUT2D eigenvalue weighted by atomic mass is 16.6. The molecule has 3 aliphatic rings. The van der Waals surface area contributed by atoms with E-state index in [-0.39, 0.29) is 31.7 Å². The predicted octanol–water partition coefficient (Wildman–Crippen LogP) is 1.50. The van der Waals surface area contributed by atoms with Crippen molar-refractivity contribution in [1.29, 1.82) is 0 Å². The van der Waals surface area contributed by atoms with E-state index in [0.717, 1.165) is 6.42 Å². The third-order valence-corrected chi connectivity index (χ3v) is 5.72. The van der Waals surface area contributed by atoms with Crippen LogP contribution in [0.4, 0.5) is 0 Å². The zero-order valence-electron chi connectivity index (χ0n) is 14.4. The van der Waals surface area contributed by atoms with E-state index < -0.39 is 40.3 Å². The van der Waals surface area contributed by atoms with Crippen molar-refractivity contribution in [3.05, 3.63) is 22.3 Å². The number of rotatable bonds is 6. The minimum absolute atomic E-state index is 0.0597. The van der Waals surface area contributed by atoms with Crippen LogP contribution in [0.2, 0.25) is 0 Å². The predicted molar refractivity (Wildman–Crippen MR) is 85.1 cm³/mol. The molecule has 1 aliphatic carbocycles. The van der Waals surface area contributed by atoms with Crippen LogP contribution in [0.3, 0.4) is 0 Å². The Hall–Kier alpha value is -1.96. The molecule has 0 aromatic heterocycles. The van der Waals surface area contributed by atoms with Crippen molar-refractivity contribution in [3.8, 4) is 0 Å². The van der Waals surface area contributed by atoms with Crippen molar-refractivity contribution in [2.24, 2.45) is 17.3 Å². The van der Waals surface area contributed by atoms with Crippen molar-refractivity contribution in [3.63, 3.8) is 0 Å². The highest BCUT2D eigenvalue weighted by Gasteiger charge is 2.71. The van der Waals surface area contributed by atoms with Gasteiger partial charge in [0.1, 0.15) is 5.60 Å². The van der Waals surface area contributed by atoms with Crippen LogP contribution >= 0.6 is 0 Å². The second-order valence-electron chi connectivity index (χ2n) is 6.82. The molecule has 0 aromatic carbocycles. The van der Waals surface area contributed by atoms with Gasteiger partial charge < -0.3 is 14.2 Å². The Morgan fingerprint density at radius 3 is 2.44 bits per heavy atom. The fourth-order valence-corrected chi connectivity index (χ4v) is 4.75. The molecule has 4 atom stereocenters. The summed E-state index contributed by atoms with van der Waals surface area (Å²) in [5.41, 5.74) is -2.69. The summed E-state index contributed by atoms with van der Waals surface area (Å²) in [4.78, 5) is 36.6. The van der Waals surface area contributed by atoms with Crippen molar-refractivity contribution >= 4 is 11.9 Å². The van der Waals surface area contributed by atoms with Crippen LogP contribution in [-0.2, 0) is 23.8 Å². The van der Waals surface area contributed by atoms with E-state index in [1.54, 1.807) is 13.8 Å². The number of carbonyl (C=O) groups excluding carboxylic acids is 2. The lowest BCUT2D eigenvalue weighted by Crippen LogP contribution is -2.62. The van der Waals surface area contributed by atoms with Gasteiger partial charge in [-0.15, -0.1) is 0 Å². The van der Waals surface area contributed by atoms with E-state index >= 15 is 0 Å². The summed E-state index contributed by atoms with van der Waals surface area (Å²) >= 11 is 0. The van der Waals surface area contributed by atoms with Crippen LogP contribution in [0.25, 0.3) is 0 Å². The van der Waals surface area contributed by atoms with Gasteiger partial charge in [-0.2, -0.15) is 0 Å². The van der Waals surface area contributed by atoms with Gasteiger partial charge in [0.25, 0.3) is 0 Å². The largest absolute Gasteiger partial charge is 0.465 e. The van der Waals surface area contributed by atoms with Crippen molar-refractivity contribution in [1.82, 2.24) is 0 Å². The average molecular weight is 353 g/mol. The molecule has 25 heavy (non-hydrogen) atoms. The quantitative estimate of drug-likeness (QED) is 0.234. The van der Waals surface area contributed by atoms with Crippen LogP contribution < -0.4 is 0 Å². The van der Waals surface area contributed by atoms with E-state index in [9.17, 15) is 19.7 Å². The van der Waals surface area contributed by atoms with Gasteiger partial charge in [-0.25, -0.2) is 0 Å². The first kappa shape index (κ1) is 17.8. The second kappa shape index (κ2) is 6.40. The average Bonchev–Trinajstić information content (AvgIpc) is 3.13. The molecule has 1 spiro atoms. The lowest BCUT2D eigenvalue weighted by molar-refractivity contribution is -0.497. The summed E-state index contributed by atoms with van der Waals surface area (Å²) in [6, 6.07) is 0. The third kappa shape index (κ3) is 2.54. The zero-order chi connectivity index (χ0) is 18.2. The summed E-state index contributed by atoms with van der Waals surface area (Å²) in [6.07, 6.45) is 5.07. The number of esters is 2. The SMILES string of the molecule is CCOC(=O)C1(C(=O)OCC)CC[C@@H]2C[C@H]3C=C[C@@]2(O3)[C@@H]1C[N+](=O)[O-]. The fourth-order valence-electron chi connectivity index (χ4n) is 4.75. The topological polar surface area (TPSA) is 105 Å². The standard InChI is InChI=1S/C17H23NO7/c1-3-23-14(19)16(15(20)24-4-2)7-5-11-9-12-6-8-17(11,25-12)13(16)10-18(21)22/h6,8,11-13H,3-5,7,9-10H2,1-2H3/t11-,12-,13-,17+/m1/s1. The lowest BCUT2D eigenvalue weighted by atomic mass is 9.55. The number of fused-ring (bicyclic) bond motifs is 1. The molecule has 2 fully saturated rings. The molecule has 1 saturated heterocycles.